The van der Waals surface area contributed by atoms with Gasteiger partial charge in [-0.05, 0) is 24.1 Å². The zero-order chi connectivity index (χ0) is 18.7. The largest absolute Gasteiger partial charge is 0.508 e. The van der Waals surface area contributed by atoms with Gasteiger partial charge in [0.1, 0.15) is 21.5 Å². The van der Waals surface area contributed by atoms with Crippen molar-refractivity contribution in [2.75, 3.05) is 11.9 Å². The maximum Gasteiger partial charge on any atom is 0.237 e. The van der Waals surface area contributed by atoms with Crippen molar-refractivity contribution in [2.45, 2.75) is 19.8 Å². The Bertz CT molecular complexity index is 816. The number of carbonyl (C=O) groups excluding carboxylic acids is 1. The van der Waals surface area contributed by atoms with Crippen molar-refractivity contribution in [2.24, 2.45) is 5.73 Å². The second-order valence-electron chi connectivity index (χ2n) is 5.51. The molecule has 0 saturated carbocycles. The van der Waals surface area contributed by atoms with Crippen LogP contribution in [-0.4, -0.2) is 22.5 Å². The van der Waals surface area contributed by atoms with Crippen LogP contribution in [0.5, 0.6) is 17.2 Å². The molecule has 0 aliphatic carbocycles. The van der Waals surface area contributed by atoms with E-state index in [0.717, 1.165) is 0 Å². The topological polar surface area (TPSA) is 97.5 Å². The number of nitrogens with one attached hydrogen (secondary N) is 1. The summed E-state index contributed by atoms with van der Waals surface area (Å²) >= 11 is 12.1. The number of nitrogens with two attached hydrogens (primary N) is 1. The van der Waals surface area contributed by atoms with Crippen LogP contribution in [0.1, 0.15) is 25.3 Å². The van der Waals surface area contributed by atoms with Gasteiger partial charge in [0, 0.05) is 5.56 Å². The fraction of sp³-hybridized carbons (Fsp3) is 0.250. The molecule has 2 aromatic rings. The number of halogens is 3. The van der Waals surface area contributed by atoms with E-state index in [2.05, 4.69) is 10.3 Å². The molecule has 25 heavy (non-hydrogen) atoms. The van der Waals surface area contributed by atoms with Gasteiger partial charge in [-0.1, -0.05) is 37.0 Å². The lowest BCUT2D eigenvalue weighted by atomic mass is 10.0. The minimum Gasteiger partial charge on any atom is -0.508 e. The third-order valence-corrected chi connectivity index (χ3v) is 3.95. The van der Waals surface area contributed by atoms with Gasteiger partial charge in [0.25, 0.3) is 0 Å². The molecule has 0 radical (unpaired) electrons. The number of ether oxygens (including phenoxy) is 1. The van der Waals surface area contributed by atoms with Crippen LogP contribution >= 0.6 is 23.2 Å². The molecule has 134 valence electrons. The first-order valence-corrected chi connectivity index (χ1v) is 8.03. The van der Waals surface area contributed by atoms with Gasteiger partial charge in [0.2, 0.25) is 11.9 Å². The number of phenols is 1. The van der Waals surface area contributed by atoms with Crippen LogP contribution in [-0.2, 0) is 4.79 Å². The van der Waals surface area contributed by atoms with Gasteiger partial charge in [-0.15, -0.1) is 0 Å². The summed E-state index contributed by atoms with van der Waals surface area (Å²) in [6.45, 7) is 3.51. The highest BCUT2D eigenvalue weighted by atomic mass is 35.5. The number of anilines is 1. The molecule has 1 aromatic carbocycles. The fourth-order valence-electron chi connectivity index (χ4n) is 2.05. The summed E-state index contributed by atoms with van der Waals surface area (Å²) in [4.78, 5) is 14.4. The summed E-state index contributed by atoms with van der Waals surface area (Å²) in [6.07, 6.45) is 0. The van der Waals surface area contributed by atoms with E-state index in [9.17, 15) is 14.3 Å². The number of nitrogens with zero attached hydrogens (tertiary/aromatic N) is 1. The summed E-state index contributed by atoms with van der Waals surface area (Å²) in [5.41, 5.74) is 5.68. The number of amides is 1. The van der Waals surface area contributed by atoms with Crippen molar-refractivity contribution in [3.05, 3.63) is 39.8 Å². The molecule has 1 aromatic heterocycles. The third kappa shape index (κ3) is 4.43. The molecule has 1 heterocycles. The quantitative estimate of drug-likeness (QED) is 0.649. The van der Waals surface area contributed by atoms with Crippen molar-refractivity contribution in [3.63, 3.8) is 0 Å². The van der Waals surface area contributed by atoms with E-state index in [4.69, 9.17) is 33.7 Å². The Kier molecular flexibility index (Phi) is 5.92. The van der Waals surface area contributed by atoms with Crippen molar-refractivity contribution in [3.8, 4) is 17.2 Å². The molecule has 6 nitrogen and oxygen atoms in total. The second-order valence-corrected chi connectivity index (χ2v) is 6.26. The summed E-state index contributed by atoms with van der Waals surface area (Å²) in [5, 5.41) is 11.9. The zero-order valence-electron chi connectivity index (χ0n) is 13.4. The monoisotopic (exact) mass is 387 g/mol. The van der Waals surface area contributed by atoms with E-state index in [1.807, 2.05) is 13.8 Å². The lowest BCUT2D eigenvalue weighted by Gasteiger charge is -2.15. The summed E-state index contributed by atoms with van der Waals surface area (Å²) in [7, 11) is 0. The molecule has 0 atom stereocenters. The SMILES string of the molecule is CC(C)c1cc(Oc2c(Cl)c(F)nc(NCC(N)=O)c2Cl)ccc1O. The maximum absolute atomic E-state index is 13.9. The molecule has 0 fully saturated rings. The number of hydrogen-bond donors (Lipinski definition) is 3. The average molecular weight is 388 g/mol. The van der Waals surface area contributed by atoms with Crippen LogP contribution < -0.4 is 15.8 Å². The normalized spacial score (nSPS) is 10.8. The van der Waals surface area contributed by atoms with E-state index in [0.29, 0.717) is 11.3 Å². The highest BCUT2D eigenvalue weighted by Crippen LogP contribution is 2.42. The predicted octanol–water partition coefficient (Wildman–Crippen LogP) is 4.05. The number of pyridine rings is 1. The second kappa shape index (κ2) is 7.76. The molecule has 9 heteroatoms. The minimum atomic E-state index is -1.02. The summed E-state index contributed by atoms with van der Waals surface area (Å²) in [5.74, 6) is -1.52. The Balaban J connectivity index is 2.42. The molecule has 0 saturated heterocycles. The zero-order valence-corrected chi connectivity index (χ0v) is 15.0. The smallest absolute Gasteiger partial charge is 0.237 e. The standard InChI is InChI=1S/C16H16Cl2FN3O3/c1-7(2)9-5-8(3-4-10(9)23)25-14-12(17)15(19)22-16(13(14)18)21-6-11(20)24/h3-5,7,23H,6H2,1-2H3,(H2,20,24)(H,21,22). The van der Waals surface area contributed by atoms with Gasteiger partial charge >= 0.3 is 0 Å². The summed E-state index contributed by atoms with van der Waals surface area (Å²) < 4.78 is 19.5. The molecule has 0 bridgehead atoms. The highest BCUT2D eigenvalue weighted by Gasteiger charge is 2.20. The Morgan fingerprint density at radius 2 is 2.08 bits per heavy atom. The van der Waals surface area contributed by atoms with Crippen molar-refractivity contribution >= 4 is 34.9 Å². The molecular formula is C16H16Cl2FN3O3. The number of aromatic hydroxyl groups is 1. The van der Waals surface area contributed by atoms with Gasteiger partial charge in [-0.25, -0.2) is 0 Å². The molecule has 0 unspecified atom stereocenters. The average Bonchev–Trinajstić information content (AvgIpc) is 2.54. The van der Waals surface area contributed by atoms with Crippen LogP contribution in [0.4, 0.5) is 10.2 Å². The van der Waals surface area contributed by atoms with Gasteiger partial charge in [0.15, 0.2) is 11.6 Å². The number of aromatic nitrogens is 1. The van der Waals surface area contributed by atoms with Gasteiger partial charge in [0.05, 0.1) is 6.54 Å². The molecule has 2 rings (SSSR count). The van der Waals surface area contributed by atoms with Gasteiger partial charge < -0.3 is 20.9 Å². The van der Waals surface area contributed by atoms with Crippen LogP contribution in [0.15, 0.2) is 18.2 Å². The highest BCUT2D eigenvalue weighted by molar-refractivity contribution is 6.38. The maximum atomic E-state index is 13.9. The molecular weight excluding hydrogens is 372 g/mol. The molecule has 4 N–H and O–H groups in total. The first-order chi connectivity index (χ1) is 11.7. The molecule has 0 aliphatic heterocycles. The van der Waals surface area contributed by atoms with Crippen molar-refractivity contribution in [1.82, 2.24) is 4.98 Å². The Hall–Kier alpha value is -2.25. The van der Waals surface area contributed by atoms with E-state index >= 15 is 0 Å². The summed E-state index contributed by atoms with van der Waals surface area (Å²) in [6, 6.07) is 4.54. The first kappa shape index (κ1) is 19.1. The number of carbonyl (C=O) groups is 1. The third-order valence-electron chi connectivity index (χ3n) is 3.27. The van der Waals surface area contributed by atoms with Gasteiger partial charge in [-0.3, -0.25) is 4.79 Å². The Labute approximate surface area is 153 Å². The van der Waals surface area contributed by atoms with E-state index in [-0.39, 0.29) is 34.8 Å². The van der Waals surface area contributed by atoms with Gasteiger partial charge in [-0.2, -0.15) is 9.37 Å². The van der Waals surface area contributed by atoms with E-state index in [1.54, 1.807) is 6.07 Å². The molecule has 0 spiro atoms. The number of primary amides is 1. The fourth-order valence-corrected chi connectivity index (χ4v) is 2.51. The lowest BCUT2D eigenvalue weighted by molar-refractivity contribution is -0.116. The van der Waals surface area contributed by atoms with Crippen LogP contribution in [0.3, 0.4) is 0 Å². The van der Waals surface area contributed by atoms with E-state index < -0.39 is 16.9 Å². The number of phenolic OH excluding ortho intramolecular Hbond substituents is 1. The van der Waals surface area contributed by atoms with Crippen molar-refractivity contribution in [1.29, 1.82) is 0 Å². The first-order valence-electron chi connectivity index (χ1n) is 7.28. The number of hydrogen-bond acceptors (Lipinski definition) is 5. The lowest BCUT2D eigenvalue weighted by Crippen LogP contribution is -2.22. The van der Waals surface area contributed by atoms with E-state index in [1.165, 1.54) is 12.1 Å². The number of benzene rings is 1. The minimum absolute atomic E-state index is 0.0384. The molecule has 1 amide bonds. The Morgan fingerprint density at radius 3 is 2.68 bits per heavy atom. The molecule has 0 aliphatic rings. The van der Waals surface area contributed by atoms with Crippen LogP contribution in [0, 0.1) is 5.95 Å². The van der Waals surface area contributed by atoms with Crippen molar-refractivity contribution < 1.29 is 19.0 Å². The van der Waals surface area contributed by atoms with Crippen LogP contribution in [0.2, 0.25) is 10.0 Å². The predicted molar refractivity (Wildman–Crippen MR) is 94.2 cm³/mol. The number of rotatable bonds is 6. The Morgan fingerprint density at radius 1 is 1.40 bits per heavy atom. The van der Waals surface area contributed by atoms with Crippen LogP contribution in [0.25, 0.3) is 0 Å².